The molecule has 2 N–H and O–H groups in total. The molecule has 1 aliphatic rings. The van der Waals surface area contributed by atoms with Crippen molar-refractivity contribution in [3.63, 3.8) is 0 Å². The van der Waals surface area contributed by atoms with Gasteiger partial charge < -0.3 is 14.6 Å². The van der Waals surface area contributed by atoms with Crippen LogP contribution in [-0.4, -0.2) is 66.6 Å². The van der Waals surface area contributed by atoms with E-state index >= 15 is 0 Å². The molecule has 1 aliphatic heterocycles. The number of H-pyrrole nitrogens is 1. The maximum atomic E-state index is 9.67. The topological polar surface area (TPSA) is 106 Å². The summed E-state index contributed by atoms with van der Waals surface area (Å²) in [6.45, 7) is 7.80. The molecule has 0 atom stereocenters. The second-order valence-corrected chi connectivity index (χ2v) is 8.86. The molecule has 0 saturated heterocycles. The van der Waals surface area contributed by atoms with E-state index < -0.39 is 0 Å². The predicted molar refractivity (Wildman–Crippen MR) is 142 cm³/mol. The summed E-state index contributed by atoms with van der Waals surface area (Å²) in [4.78, 5) is 2.06. The Kier molecular flexibility index (Phi) is 6.56. The molecule has 0 saturated carbocycles. The molecule has 3 aromatic heterocycles. The summed E-state index contributed by atoms with van der Waals surface area (Å²) < 4.78 is 15.5. The first-order valence-corrected chi connectivity index (χ1v) is 12.0. The van der Waals surface area contributed by atoms with Crippen molar-refractivity contribution in [1.29, 1.82) is 0 Å². The van der Waals surface area contributed by atoms with Gasteiger partial charge in [0, 0.05) is 19.0 Å². The van der Waals surface area contributed by atoms with Crippen LogP contribution in [0.15, 0.2) is 30.5 Å². The predicted octanol–water partition coefficient (Wildman–Crippen LogP) is 3.04. The van der Waals surface area contributed by atoms with Crippen LogP contribution in [0.2, 0.25) is 0 Å². The van der Waals surface area contributed by atoms with Crippen molar-refractivity contribution in [2.75, 3.05) is 26.8 Å². The van der Waals surface area contributed by atoms with Crippen molar-refractivity contribution >= 4 is 23.1 Å². The second-order valence-electron chi connectivity index (χ2n) is 8.86. The van der Waals surface area contributed by atoms with Crippen LogP contribution in [0.5, 0.6) is 11.8 Å². The van der Waals surface area contributed by atoms with Crippen molar-refractivity contribution in [1.82, 2.24) is 34.7 Å². The molecular formula is C27H29N7O3. The monoisotopic (exact) mass is 499 g/mol. The Morgan fingerprint density at radius 1 is 1.24 bits per heavy atom. The van der Waals surface area contributed by atoms with Gasteiger partial charge in [-0.3, -0.25) is 14.7 Å². The third-order valence-corrected chi connectivity index (χ3v) is 6.18. The lowest BCUT2D eigenvalue weighted by atomic mass is 10.0. The van der Waals surface area contributed by atoms with Crippen LogP contribution < -0.4 is 9.47 Å². The van der Waals surface area contributed by atoms with Crippen molar-refractivity contribution in [2.45, 2.75) is 20.0 Å². The number of ether oxygens (including phenoxy) is 2. The third-order valence-electron chi connectivity index (χ3n) is 6.18. The molecule has 5 rings (SSSR count). The van der Waals surface area contributed by atoms with Crippen LogP contribution in [0.3, 0.4) is 0 Å². The Labute approximate surface area is 214 Å². The molecule has 4 heterocycles. The van der Waals surface area contributed by atoms with Crippen molar-refractivity contribution in [2.24, 2.45) is 7.05 Å². The first-order valence-electron chi connectivity index (χ1n) is 12.0. The van der Waals surface area contributed by atoms with Gasteiger partial charge in [0.25, 0.3) is 0 Å². The quantitative estimate of drug-likeness (QED) is 0.416. The van der Waals surface area contributed by atoms with Gasteiger partial charge in [0.15, 0.2) is 0 Å². The summed E-state index contributed by atoms with van der Waals surface area (Å²) in [5.74, 6) is 4.25. The fourth-order valence-electron chi connectivity index (χ4n) is 4.59. The molecule has 37 heavy (non-hydrogen) atoms. The van der Waals surface area contributed by atoms with Crippen LogP contribution in [-0.2, 0) is 20.1 Å². The van der Waals surface area contributed by atoms with Crippen molar-refractivity contribution in [3.8, 4) is 35.2 Å². The van der Waals surface area contributed by atoms with Gasteiger partial charge in [-0.25, -0.2) is 4.68 Å². The molecule has 0 amide bonds. The molecule has 190 valence electrons. The zero-order valence-electron chi connectivity index (χ0n) is 21.2. The number of nitrogens with one attached hydrogen (secondary N) is 1. The molecule has 0 aliphatic carbocycles. The van der Waals surface area contributed by atoms with E-state index in [2.05, 4.69) is 37.8 Å². The van der Waals surface area contributed by atoms with Crippen molar-refractivity contribution < 1.29 is 14.6 Å². The second kappa shape index (κ2) is 9.97. The number of aromatic amines is 1. The maximum Gasteiger partial charge on any atom is 0.240 e. The lowest BCUT2D eigenvalue weighted by molar-refractivity contribution is 0.252. The van der Waals surface area contributed by atoms with Crippen LogP contribution in [0.4, 0.5) is 0 Å². The first kappa shape index (κ1) is 24.4. The van der Waals surface area contributed by atoms with E-state index in [4.69, 9.17) is 15.9 Å². The van der Waals surface area contributed by atoms with Gasteiger partial charge in [-0.05, 0) is 49.7 Å². The van der Waals surface area contributed by atoms with Gasteiger partial charge in [-0.15, -0.1) is 11.5 Å². The van der Waals surface area contributed by atoms with Gasteiger partial charge >= 0.3 is 0 Å². The summed E-state index contributed by atoms with van der Waals surface area (Å²) in [5.41, 5.74) is 5.45. The Bertz CT molecular complexity index is 1550. The number of nitrogens with zero attached hydrogens (tertiary/aromatic N) is 6. The molecule has 1 aromatic carbocycles. The molecule has 10 nitrogen and oxygen atoms in total. The number of benzene rings is 1. The van der Waals surface area contributed by atoms with Crippen LogP contribution in [0, 0.1) is 12.3 Å². The number of aliphatic hydroxyl groups excluding tert-OH is 1. The van der Waals surface area contributed by atoms with E-state index in [1.165, 1.54) is 0 Å². The number of aryl methyl sites for hydroxylation is 1. The lowest BCUT2D eigenvalue weighted by Gasteiger charge is -2.20. The summed E-state index contributed by atoms with van der Waals surface area (Å²) in [6.07, 6.45) is 9.76. The standard InChI is InChI=1S/C27H29N7O3/c1-6-21-25-18-8-10-22-20(14-18)23(29-28-22)11-9-19-24(34(12-13-35)31-26(19)36-7-2)16-32(4)15-17(3)37-27(25)33(5)30-21/h1,8-11,14,35H,3,7,12-13,15-16H2,2,4-5H3,(H,28,29)/b11-9+. The number of likely N-dealkylation sites (N-methyl/N-ethyl adjacent to an activating group) is 1. The van der Waals surface area contributed by atoms with E-state index in [-0.39, 0.29) is 6.61 Å². The highest BCUT2D eigenvalue weighted by molar-refractivity contribution is 5.93. The fraction of sp³-hybridized carbons (Fsp3) is 0.296. The van der Waals surface area contributed by atoms with E-state index in [9.17, 15) is 5.11 Å². The Morgan fingerprint density at radius 3 is 2.84 bits per heavy atom. The zero-order valence-corrected chi connectivity index (χ0v) is 21.2. The summed E-state index contributed by atoms with van der Waals surface area (Å²) in [5, 5.41) is 27.3. The molecule has 2 bridgehead atoms. The minimum Gasteiger partial charge on any atom is -0.476 e. The third kappa shape index (κ3) is 4.50. The number of aliphatic hydroxyl groups is 1. The van der Waals surface area contributed by atoms with Crippen LogP contribution >= 0.6 is 0 Å². The van der Waals surface area contributed by atoms with Crippen LogP contribution in [0.25, 0.3) is 34.2 Å². The highest BCUT2D eigenvalue weighted by atomic mass is 16.5. The van der Waals surface area contributed by atoms with Gasteiger partial charge in [0.1, 0.15) is 11.5 Å². The maximum absolute atomic E-state index is 9.67. The van der Waals surface area contributed by atoms with E-state index in [0.717, 1.165) is 39.0 Å². The molecule has 0 radical (unpaired) electrons. The minimum absolute atomic E-state index is 0.0440. The number of hydrogen-bond acceptors (Lipinski definition) is 7. The lowest BCUT2D eigenvalue weighted by Crippen LogP contribution is -2.25. The largest absolute Gasteiger partial charge is 0.476 e. The number of hydrogen-bond donors (Lipinski definition) is 2. The molecule has 4 aromatic rings. The minimum atomic E-state index is -0.0440. The Hall–Kier alpha value is -4.33. The number of rotatable bonds is 4. The highest BCUT2D eigenvalue weighted by Gasteiger charge is 2.23. The van der Waals surface area contributed by atoms with E-state index in [1.807, 2.05) is 44.3 Å². The zero-order chi connectivity index (χ0) is 26.1. The average Bonchev–Trinajstić information content (AvgIpc) is 3.51. The van der Waals surface area contributed by atoms with Crippen LogP contribution in [0.1, 0.15) is 29.6 Å². The SMILES string of the molecule is C#Cc1nn(C)c2c1-c1ccc3n[nH]c(c3c1)/C=C/c1c(OCC)nn(CCO)c1CN(C)CC(=C)O2. The number of terminal acetylenes is 1. The number of fused-ring (bicyclic) bond motifs is 4. The summed E-state index contributed by atoms with van der Waals surface area (Å²) in [7, 11) is 3.76. The Balaban J connectivity index is 1.73. The van der Waals surface area contributed by atoms with Gasteiger partial charge in [-0.1, -0.05) is 12.6 Å². The van der Waals surface area contributed by atoms with E-state index in [0.29, 0.717) is 49.5 Å². The normalized spacial score (nSPS) is 14.9. The van der Waals surface area contributed by atoms with E-state index in [1.54, 1.807) is 16.4 Å². The van der Waals surface area contributed by atoms with Gasteiger partial charge in [0.05, 0.1) is 54.3 Å². The van der Waals surface area contributed by atoms with Gasteiger partial charge in [0.2, 0.25) is 11.8 Å². The smallest absolute Gasteiger partial charge is 0.240 e. The fourth-order valence-corrected chi connectivity index (χ4v) is 4.59. The molecule has 10 heteroatoms. The Morgan fingerprint density at radius 2 is 2.08 bits per heavy atom. The molecule has 0 unspecified atom stereocenters. The molecule has 0 spiro atoms. The number of aromatic nitrogens is 6. The highest BCUT2D eigenvalue weighted by Crippen LogP contribution is 2.36. The first-order chi connectivity index (χ1) is 17.9. The molecular weight excluding hydrogens is 470 g/mol. The summed E-state index contributed by atoms with van der Waals surface area (Å²) in [6, 6.07) is 5.92. The molecule has 0 fully saturated rings. The average molecular weight is 500 g/mol. The van der Waals surface area contributed by atoms with Gasteiger partial charge in [-0.2, -0.15) is 10.2 Å². The van der Waals surface area contributed by atoms with Crippen molar-refractivity contribution in [3.05, 3.63) is 53.2 Å². The summed E-state index contributed by atoms with van der Waals surface area (Å²) >= 11 is 0.